The summed E-state index contributed by atoms with van der Waals surface area (Å²) in [5.41, 5.74) is 1.79. The number of piperazine rings is 1. The second kappa shape index (κ2) is 8.93. The summed E-state index contributed by atoms with van der Waals surface area (Å²) in [6.07, 6.45) is 3.00. The van der Waals surface area contributed by atoms with Crippen LogP contribution < -0.4 is 5.32 Å². The first kappa shape index (κ1) is 18.6. The molecule has 0 radical (unpaired) electrons. The van der Waals surface area contributed by atoms with Crippen molar-refractivity contribution in [2.45, 2.75) is 6.42 Å². The van der Waals surface area contributed by atoms with Crippen molar-refractivity contribution in [2.75, 3.05) is 32.7 Å². The number of pyridine rings is 1. The normalized spacial score (nSPS) is 13.9. The third-order valence-electron chi connectivity index (χ3n) is 4.53. The first-order valence-electron chi connectivity index (χ1n) is 8.94. The summed E-state index contributed by atoms with van der Waals surface area (Å²) >= 11 is 0. The molecule has 1 aliphatic heterocycles. The van der Waals surface area contributed by atoms with Gasteiger partial charge in [-0.15, -0.1) is 0 Å². The zero-order valence-corrected chi connectivity index (χ0v) is 15.0. The van der Waals surface area contributed by atoms with Crippen LogP contribution in [0, 0.1) is 0 Å². The minimum atomic E-state index is -0.300. The van der Waals surface area contributed by atoms with Crippen molar-refractivity contribution in [1.82, 2.24) is 20.1 Å². The summed E-state index contributed by atoms with van der Waals surface area (Å²) < 4.78 is 0. The quantitative estimate of drug-likeness (QED) is 0.773. The van der Waals surface area contributed by atoms with Crippen LogP contribution in [0.5, 0.6) is 0 Å². The number of nitrogens with zero attached hydrogens (tertiary/aromatic N) is 3. The topological polar surface area (TPSA) is 82.6 Å². The maximum atomic E-state index is 12.6. The van der Waals surface area contributed by atoms with Crippen LogP contribution in [0.2, 0.25) is 0 Å². The summed E-state index contributed by atoms with van der Waals surface area (Å²) in [5.74, 6) is -0.451. The lowest BCUT2D eigenvalue weighted by Crippen LogP contribution is -2.48. The molecule has 0 aliphatic carbocycles. The standard InChI is InChI=1S/C20H22N4O3/c25-15-23-10-12-24(13-11-23)20(27)17-7-9-21-18(14-17)19(26)22-8-6-16-4-2-1-3-5-16/h1-5,7,9,14-15H,6,8,10-13H2,(H,22,26). The minimum absolute atomic E-state index is 0.152. The van der Waals surface area contributed by atoms with Crippen molar-refractivity contribution >= 4 is 18.2 Å². The average molecular weight is 366 g/mol. The molecule has 3 rings (SSSR count). The van der Waals surface area contributed by atoms with E-state index in [1.54, 1.807) is 15.9 Å². The Hall–Kier alpha value is -3.22. The largest absolute Gasteiger partial charge is 0.350 e. The summed E-state index contributed by atoms with van der Waals surface area (Å²) in [6, 6.07) is 13.0. The van der Waals surface area contributed by atoms with Crippen molar-refractivity contribution in [3.8, 4) is 0 Å². The summed E-state index contributed by atoms with van der Waals surface area (Å²) in [5, 5.41) is 2.83. The highest BCUT2D eigenvalue weighted by Gasteiger charge is 2.22. The minimum Gasteiger partial charge on any atom is -0.350 e. The third-order valence-corrected chi connectivity index (χ3v) is 4.53. The smallest absolute Gasteiger partial charge is 0.269 e. The molecule has 2 heterocycles. The van der Waals surface area contributed by atoms with E-state index in [0.717, 1.165) is 18.4 Å². The number of aromatic nitrogens is 1. The highest BCUT2D eigenvalue weighted by atomic mass is 16.2. The van der Waals surface area contributed by atoms with Crippen molar-refractivity contribution in [1.29, 1.82) is 0 Å². The number of rotatable bonds is 6. The molecule has 7 heteroatoms. The molecule has 7 nitrogen and oxygen atoms in total. The van der Waals surface area contributed by atoms with E-state index >= 15 is 0 Å². The number of amides is 3. The Labute approximate surface area is 158 Å². The van der Waals surface area contributed by atoms with Crippen molar-refractivity contribution in [3.05, 3.63) is 65.5 Å². The molecule has 1 aromatic carbocycles. The van der Waals surface area contributed by atoms with Crippen LogP contribution in [0.25, 0.3) is 0 Å². The van der Waals surface area contributed by atoms with Gasteiger partial charge in [-0.3, -0.25) is 19.4 Å². The molecule has 2 aromatic rings. The van der Waals surface area contributed by atoms with E-state index in [4.69, 9.17) is 0 Å². The predicted octanol–water partition coefficient (Wildman–Crippen LogP) is 0.968. The number of hydrogen-bond donors (Lipinski definition) is 1. The lowest BCUT2D eigenvalue weighted by molar-refractivity contribution is -0.119. The number of hydrogen-bond acceptors (Lipinski definition) is 4. The van der Waals surface area contributed by atoms with Gasteiger partial charge in [-0.05, 0) is 24.1 Å². The Morgan fingerprint density at radius 3 is 2.52 bits per heavy atom. The van der Waals surface area contributed by atoms with E-state index in [2.05, 4.69) is 10.3 Å². The van der Waals surface area contributed by atoms with Crippen molar-refractivity contribution in [3.63, 3.8) is 0 Å². The summed E-state index contributed by atoms with van der Waals surface area (Å²) in [7, 11) is 0. The number of carbonyl (C=O) groups is 3. The van der Waals surface area contributed by atoms with Gasteiger partial charge in [0.1, 0.15) is 5.69 Å². The zero-order chi connectivity index (χ0) is 19.1. The molecule has 0 bridgehead atoms. The van der Waals surface area contributed by atoms with E-state index in [9.17, 15) is 14.4 Å². The molecule has 1 aliphatic rings. The molecule has 0 saturated carbocycles. The molecular weight excluding hydrogens is 344 g/mol. The van der Waals surface area contributed by atoms with Gasteiger partial charge in [-0.2, -0.15) is 0 Å². The van der Waals surface area contributed by atoms with E-state index < -0.39 is 0 Å². The number of carbonyl (C=O) groups excluding carboxylic acids is 3. The maximum Gasteiger partial charge on any atom is 0.269 e. The Morgan fingerprint density at radius 1 is 1.07 bits per heavy atom. The molecular formula is C20H22N4O3. The fourth-order valence-electron chi connectivity index (χ4n) is 2.96. The van der Waals surface area contributed by atoms with Crippen LogP contribution in [0.1, 0.15) is 26.4 Å². The predicted molar refractivity (Wildman–Crippen MR) is 100 cm³/mol. The van der Waals surface area contributed by atoms with Crippen molar-refractivity contribution < 1.29 is 14.4 Å². The fraction of sp³-hybridized carbons (Fsp3) is 0.300. The monoisotopic (exact) mass is 366 g/mol. The van der Waals surface area contributed by atoms with Crippen LogP contribution in [-0.4, -0.2) is 65.7 Å². The van der Waals surface area contributed by atoms with E-state index in [1.807, 2.05) is 30.3 Å². The lowest BCUT2D eigenvalue weighted by atomic mass is 10.1. The van der Waals surface area contributed by atoms with E-state index in [0.29, 0.717) is 38.3 Å². The van der Waals surface area contributed by atoms with Gasteiger partial charge < -0.3 is 15.1 Å². The number of nitrogens with one attached hydrogen (secondary N) is 1. The molecule has 140 valence electrons. The Bertz CT molecular complexity index is 802. The SMILES string of the molecule is O=CN1CCN(C(=O)c2ccnc(C(=O)NCCc3ccccc3)c2)CC1. The molecule has 0 unspecified atom stereocenters. The molecule has 1 saturated heterocycles. The highest BCUT2D eigenvalue weighted by molar-refractivity contribution is 5.98. The molecule has 1 fully saturated rings. The first-order valence-corrected chi connectivity index (χ1v) is 8.94. The van der Waals surface area contributed by atoms with Gasteiger partial charge in [0.05, 0.1) is 0 Å². The van der Waals surface area contributed by atoms with Gasteiger partial charge in [0, 0.05) is 44.5 Å². The lowest BCUT2D eigenvalue weighted by Gasteiger charge is -2.32. The highest BCUT2D eigenvalue weighted by Crippen LogP contribution is 2.09. The third kappa shape index (κ3) is 4.91. The van der Waals surface area contributed by atoms with Crippen LogP contribution in [0.15, 0.2) is 48.7 Å². The van der Waals surface area contributed by atoms with E-state index in [-0.39, 0.29) is 17.5 Å². The van der Waals surface area contributed by atoms with Gasteiger partial charge in [-0.1, -0.05) is 30.3 Å². The summed E-state index contributed by atoms with van der Waals surface area (Å²) in [6.45, 7) is 2.51. The molecule has 0 atom stereocenters. The maximum absolute atomic E-state index is 12.6. The second-order valence-electron chi connectivity index (χ2n) is 6.35. The van der Waals surface area contributed by atoms with E-state index in [1.165, 1.54) is 12.3 Å². The summed E-state index contributed by atoms with van der Waals surface area (Å²) in [4.78, 5) is 43.1. The van der Waals surface area contributed by atoms with Gasteiger partial charge in [0.15, 0.2) is 0 Å². The van der Waals surface area contributed by atoms with Gasteiger partial charge in [0.2, 0.25) is 6.41 Å². The van der Waals surface area contributed by atoms with Crippen LogP contribution in [0.4, 0.5) is 0 Å². The fourth-order valence-corrected chi connectivity index (χ4v) is 2.96. The van der Waals surface area contributed by atoms with Crippen LogP contribution >= 0.6 is 0 Å². The van der Waals surface area contributed by atoms with Gasteiger partial charge in [-0.25, -0.2) is 0 Å². The van der Waals surface area contributed by atoms with Crippen LogP contribution in [0.3, 0.4) is 0 Å². The molecule has 1 N–H and O–H groups in total. The molecule has 27 heavy (non-hydrogen) atoms. The Balaban J connectivity index is 1.57. The van der Waals surface area contributed by atoms with Crippen LogP contribution in [-0.2, 0) is 11.2 Å². The van der Waals surface area contributed by atoms with Crippen molar-refractivity contribution in [2.24, 2.45) is 0 Å². The molecule has 0 spiro atoms. The Kier molecular flexibility index (Phi) is 6.14. The average Bonchev–Trinajstić information content (AvgIpc) is 2.74. The second-order valence-corrected chi connectivity index (χ2v) is 6.35. The van der Waals surface area contributed by atoms with Gasteiger partial charge in [0.25, 0.3) is 11.8 Å². The Morgan fingerprint density at radius 2 is 1.81 bits per heavy atom. The molecule has 3 amide bonds. The van der Waals surface area contributed by atoms with Gasteiger partial charge >= 0.3 is 0 Å². The zero-order valence-electron chi connectivity index (χ0n) is 15.0. The number of benzene rings is 1. The first-order chi connectivity index (χ1) is 13.2. The molecule has 1 aromatic heterocycles.